The summed E-state index contributed by atoms with van der Waals surface area (Å²) in [4.78, 5) is 0. The van der Waals surface area contributed by atoms with E-state index < -0.39 is 6.10 Å². The van der Waals surface area contributed by atoms with Gasteiger partial charge in [0.2, 0.25) is 0 Å². The minimum Gasteiger partial charge on any atom is -0.494 e. The fourth-order valence-electron chi connectivity index (χ4n) is 2.04. The van der Waals surface area contributed by atoms with Crippen LogP contribution >= 0.6 is 0 Å². The summed E-state index contributed by atoms with van der Waals surface area (Å²) >= 11 is 0. The monoisotopic (exact) mass is 251 g/mol. The molecule has 0 radical (unpaired) electrons. The Bertz CT molecular complexity index is 377. The van der Waals surface area contributed by atoms with Crippen LogP contribution in [0, 0.1) is 6.92 Å². The molecule has 102 valence electrons. The summed E-state index contributed by atoms with van der Waals surface area (Å²) in [6, 6.07) is 5.98. The summed E-state index contributed by atoms with van der Waals surface area (Å²) in [5, 5.41) is 9.88. The molecular formula is C15H25NO2. The van der Waals surface area contributed by atoms with Crippen molar-refractivity contribution >= 4 is 0 Å². The molecule has 0 spiro atoms. The Morgan fingerprint density at radius 2 is 2.00 bits per heavy atom. The van der Waals surface area contributed by atoms with Crippen molar-refractivity contribution in [3.8, 4) is 5.75 Å². The molecule has 3 N–H and O–H groups in total. The number of nitrogens with two attached hydrogens (primary N) is 1. The average molecular weight is 251 g/mol. The SMILES string of the molecule is CCOc1ccc(C)cc1C(C)CC(O)C(C)N. The van der Waals surface area contributed by atoms with Gasteiger partial charge in [0, 0.05) is 6.04 Å². The highest BCUT2D eigenvalue weighted by atomic mass is 16.5. The Hall–Kier alpha value is -1.06. The molecular weight excluding hydrogens is 226 g/mol. The highest BCUT2D eigenvalue weighted by Gasteiger charge is 2.18. The van der Waals surface area contributed by atoms with Gasteiger partial charge in [0.1, 0.15) is 5.75 Å². The Morgan fingerprint density at radius 3 is 2.56 bits per heavy atom. The van der Waals surface area contributed by atoms with Gasteiger partial charge in [-0.05, 0) is 44.7 Å². The van der Waals surface area contributed by atoms with Crippen LogP contribution in [-0.2, 0) is 0 Å². The van der Waals surface area contributed by atoms with Crippen molar-refractivity contribution in [1.29, 1.82) is 0 Å². The first-order valence-electron chi connectivity index (χ1n) is 6.62. The lowest BCUT2D eigenvalue weighted by Crippen LogP contribution is -2.32. The van der Waals surface area contributed by atoms with E-state index in [1.165, 1.54) is 5.56 Å². The van der Waals surface area contributed by atoms with Gasteiger partial charge in [0.05, 0.1) is 12.7 Å². The molecule has 0 saturated heterocycles. The van der Waals surface area contributed by atoms with Gasteiger partial charge in [0.25, 0.3) is 0 Å². The van der Waals surface area contributed by atoms with Gasteiger partial charge in [-0.1, -0.05) is 24.6 Å². The van der Waals surface area contributed by atoms with Crippen molar-refractivity contribution in [3.05, 3.63) is 29.3 Å². The summed E-state index contributed by atoms with van der Waals surface area (Å²) in [5.41, 5.74) is 8.06. The second kappa shape index (κ2) is 6.76. The van der Waals surface area contributed by atoms with Crippen LogP contribution in [0.5, 0.6) is 5.75 Å². The molecule has 0 fully saturated rings. The fraction of sp³-hybridized carbons (Fsp3) is 0.600. The van der Waals surface area contributed by atoms with E-state index in [0.29, 0.717) is 13.0 Å². The standard InChI is InChI=1S/C15H25NO2/c1-5-18-15-7-6-10(2)8-13(15)11(3)9-14(17)12(4)16/h6-8,11-12,14,17H,5,9,16H2,1-4H3. The number of ether oxygens (including phenoxy) is 1. The van der Waals surface area contributed by atoms with Gasteiger partial charge in [-0.2, -0.15) is 0 Å². The largest absolute Gasteiger partial charge is 0.494 e. The summed E-state index contributed by atoms with van der Waals surface area (Å²) in [5.74, 6) is 1.14. The van der Waals surface area contributed by atoms with Gasteiger partial charge in [-0.15, -0.1) is 0 Å². The minimum absolute atomic E-state index is 0.201. The maximum Gasteiger partial charge on any atom is 0.122 e. The zero-order valence-corrected chi connectivity index (χ0v) is 11.8. The Morgan fingerprint density at radius 1 is 1.33 bits per heavy atom. The smallest absolute Gasteiger partial charge is 0.122 e. The number of hydrogen-bond acceptors (Lipinski definition) is 3. The van der Waals surface area contributed by atoms with E-state index in [2.05, 4.69) is 19.9 Å². The molecule has 3 atom stereocenters. The van der Waals surface area contributed by atoms with E-state index >= 15 is 0 Å². The van der Waals surface area contributed by atoms with E-state index in [4.69, 9.17) is 10.5 Å². The number of rotatable bonds is 6. The normalized spacial score (nSPS) is 16.1. The summed E-state index contributed by atoms with van der Waals surface area (Å²) in [6.07, 6.45) is 0.177. The number of aliphatic hydroxyl groups is 1. The van der Waals surface area contributed by atoms with Crippen LogP contribution in [0.3, 0.4) is 0 Å². The number of hydrogen-bond donors (Lipinski definition) is 2. The van der Waals surface area contributed by atoms with Gasteiger partial charge < -0.3 is 15.6 Å². The van der Waals surface area contributed by atoms with E-state index in [1.54, 1.807) is 0 Å². The number of benzene rings is 1. The molecule has 1 rings (SSSR count). The van der Waals surface area contributed by atoms with Crippen LogP contribution in [-0.4, -0.2) is 23.9 Å². The molecule has 0 saturated carbocycles. The molecule has 0 amide bonds. The first kappa shape index (κ1) is 15.0. The molecule has 1 aromatic rings. The summed E-state index contributed by atoms with van der Waals surface area (Å²) in [6.45, 7) is 8.62. The molecule has 3 nitrogen and oxygen atoms in total. The van der Waals surface area contributed by atoms with Gasteiger partial charge in [-0.3, -0.25) is 0 Å². The molecule has 0 bridgehead atoms. The number of aryl methyl sites for hydroxylation is 1. The molecule has 18 heavy (non-hydrogen) atoms. The van der Waals surface area contributed by atoms with Crippen LogP contribution in [0.4, 0.5) is 0 Å². The average Bonchev–Trinajstić information content (AvgIpc) is 2.31. The summed E-state index contributed by atoms with van der Waals surface area (Å²) in [7, 11) is 0. The van der Waals surface area contributed by atoms with Crippen molar-refractivity contribution in [3.63, 3.8) is 0 Å². The zero-order chi connectivity index (χ0) is 13.7. The molecule has 3 unspecified atom stereocenters. The second-order valence-corrected chi connectivity index (χ2v) is 5.04. The molecule has 0 aliphatic heterocycles. The first-order chi connectivity index (χ1) is 8.45. The van der Waals surface area contributed by atoms with Crippen LogP contribution in [0.2, 0.25) is 0 Å². The minimum atomic E-state index is -0.477. The Kier molecular flexibility index (Phi) is 5.63. The van der Waals surface area contributed by atoms with Gasteiger partial charge in [0.15, 0.2) is 0 Å². The lowest BCUT2D eigenvalue weighted by atomic mass is 9.91. The third-order valence-corrected chi connectivity index (χ3v) is 3.20. The molecule has 3 heteroatoms. The van der Waals surface area contributed by atoms with Gasteiger partial charge in [-0.25, -0.2) is 0 Å². The lowest BCUT2D eigenvalue weighted by molar-refractivity contribution is 0.134. The maximum atomic E-state index is 9.88. The predicted octanol–water partition coefficient (Wildman–Crippen LogP) is 2.60. The quantitative estimate of drug-likeness (QED) is 0.817. The van der Waals surface area contributed by atoms with Crippen LogP contribution in [0.25, 0.3) is 0 Å². The van der Waals surface area contributed by atoms with Crippen LogP contribution < -0.4 is 10.5 Å². The highest BCUT2D eigenvalue weighted by molar-refractivity contribution is 5.39. The molecule has 1 aromatic carbocycles. The van der Waals surface area contributed by atoms with E-state index in [0.717, 1.165) is 11.3 Å². The number of aliphatic hydroxyl groups excluding tert-OH is 1. The van der Waals surface area contributed by atoms with Crippen molar-refractivity contribution in [1.82, 2.24) is 0 Å². The highest BCUT2D eigenvalue weighted by Crippen LogP contribution is 2.31. The maximum absolute atomic E-state index is 9.88. The van der Waals surface area contributed by atoms with Gasteiger partial charge >= 0.3 is 0 Å². The summed E-state index contributed by atoms with van der Waals surface area (Å²) < 4.78 is 5.64. The van der Waals surface area contributed by atoms with Crippen molar-refractivity contribution in [2.24, 2.45) is 5.73 Å². The molecule has 0 aromatic heterocycles. The Balaban J connectivity index is 2.88. The lowest BCUT2D eigenvalue weighted by Gasteiger charge is -2.22. The first-order valence-corrected chi connectivity index (χ1v) is 6.62. The fourth-order valence-corrected chi connectivity index (χ4v) is 2.04. The molecule has 0 aliphatic carbocycles. The van der Waals surface area contributed by atoms with Crippen molar-refractivity contribution < 1.29 is 9.84 Å². The predicted molar refractivity (Wildman–Crippen MR) is 75.0 cm³/mol. The zero-order valence-electron chi connectivity index (χ0n) is 11.8. The van der Waals surface area contributed by atoms with Crippen molar-refractivity contribution in [2.45, 2.75) is 52.2 Å². The third kappa shape index (κ3) is 4.00. The van der Waals surface area contributed by atoms with Crippen LogP contribution in [0.1, 0.15) is 44.2 Å². The Labute approximate surface area is 110 Å². The van der Waals surface area contributed by atoms with E-state index in [-0.39, 0.29) is 12.0 Å². The topological polar surface area (TPSA) is 55.5 Å². The van der Waals surface area contributed by atoms with E-state index in [9.17, 15) is 5.11 Å². The van der Waals surface area contributed by atoms with Crippen LogP contribution in [0.15, 0.2) is 18.2 Å². The third-order valence-electron chi connectivity index (χ3n) is 3.20. The van der Waals surface area contributed by atoms with E-state index in [1.807, 2.05) is 26.0 Å². The second-order valence-electron chi connectivity index (χ2n) is 5.04. The molecule has 0 heterocycles. The molecule has 0 aliphatic rings. The van der Waals surface area contributed by atoms with Crippen molar-refractivity contribution in [2.75, 3.05) is 6.61 Å².